The highest BCUT2D eigenvalue weighted by Gasteiger charge is 2.24. The smallest absolute Gasteiger partial charge is 0.328 e. The molecular weight excluding hydrogens is 378 g/mol. The largest absolute Gasteiger partial charge is 0.478 e. The fourth-order valence-electron chi connectivity index (χ4n) is 3.96. The molecule has 2 rings (SSSR count). The van der Waals surface area contributed by atoms with Crippen molar-refractivity contribution in [2.75, 3.05) is 6.54 Å². The third kappa shape index (κ3) is 8.93. The van der Waals surface area contributed by atoms with E-state index in [9.17, 15) is 9.90 Å². The van der Waals surface area contributed by atoms with Crippen molar-refractivity contribution in [1.82, 2.24) is 10.3 Å². The highest BCUT2D eigenvalue weighted by Crippen LogP contribution is 2.30. The number of aliphatic imine (C=N–C) groups is 1. The summed E-state index contributed by atoms with van der Waals surface area (Å²) in [7, 11) is 0. The zero-order chi connectivity index (χ0) is 21.6. The van der Waals surface area contributed by atoms with Gasteiger partial charge >= 0.3 is 5.97 Å². The Labute approximate surface area is 180 Å². The van der Waals surface area contributed by atoms with Gasteiger partial charge in [0.25, 0.3) is 0 Å². The molecular formula is C23H38N5O2-. The molecule has 0 saturated heterocycles. The number of aromatic amines is 1. The summed E-state index contributed by atoms with van der Waals surface area (Å²) >= 11 is 0. The minimum absolute atomic E-state index is 0.152. The van der Waals surface area contributed by atoms with Gasteiger partial charge in [-0.2, -0.15) is 0 Å². The second kappa shape index (κ2) is 13.7. The number of aliphatic carboxylic acids is 1. The first kappa shape index (κ1) is 23.8. The third-order valence-corrected chi connectivity index (χ3v) is 5.56. The molecule has 0 aromatic carbocycles. The van der Waals surface area contributed by atoms with Crippen molar-refractivity contribution in [2.24, 2.45) is 10.7 Å². The summed E-state index contributed by atoms with van der Waals surface area (Å²) in [6.45, 7) is 2.83. The molecule has 0 radical (unpaired) electrons. The second-order valence-electron chi connectivity index (χ2n) is 8.05. The van der Waals surface area contributed by atoms with Gasteiger partial charge in [0.2, 0.25) is 0 Å². The number of aromatic nitrogens is 1. The van der Waals surface area contributed by atoms with Gasteiger partial charge in [0, 0.05) is 12.6 Å². The van der Waals surface area contributed by atoms with Crippen LogP contribution in [-0.4, -0.2) is 40.6 Å². The quantitative estimate of drug-likeness (QED) is 0.238. The van der Waals surface area contributed by atoms with Crippen LogP contribution in [0.25, 0.3) is 5.32 Å². The molecule has 0 fully saturated rings. The lowest BCUT2D eigenvalue weighted by atomic mass is 9.91. The van der Waals surface area contributed by atoms with Crippen molar-refractivity contribution in [2.45, 2.75) is 89.6 Å². The number of nitrogens with zero attached hydrogens (tertiary/aromatic N) is 2. The van der Waals surface area contributed by atoms with Crippen molar-refractivity contribution in [1.29, 1.82) is 0 Å². The molecule has 7 nitrogen and oxygen atoms in total. The molecule has 0 spiro atoms. The summed E-state index contributed by atoms with van der Waals surface area (Å²) in [5.74, 6) is 0.181. The minimum atomic E-state index is -0.952. The average molecular weight is 417 g/mol. The summed E-state index contributed by atoms with van der Waals surface area (Å²) < 4.78 is 0. The fraction of sp³-hybridized carbons (Fsp3) is 0.652. The Kier molecular flexibility index (Phi) is 10.9. The van der Waals surface area contributed by atoms with Gasteiger partial charge in [-0.1, -0.05) is 88.9 Å². The van der Waals surface area contributed by atoms with E-state index in [0.29, 0.717) is 18.9 Å². The Morgan fingerprint density at radius 2 is 1.97 bits per heavy atom. The van der Waals surface area contributed by atoms with Gasteiger partial charge in [0.1, 0.15) is 0 Å². The monoisotopic (exact) mass is 416 g/mol. The Balaban J connectivity index is 1.93. The molecule has 1 aromatic heterocycles. The number of carboxylic acid groups (broad SMARTS) is 1. The van der Waals surface area contributed by atoms with E-state index in [0.717, 1.165) is 30.7 Å². The standard InChI is InChI=1S/C23H38N5O2/c1-2-3-4-5-6-7-8-9-10-12-19(27-21-13-11-15-25-21)18(17-22(29)30)20-14-16-26-23(24)28-20/h11,13,15,17,19-20,25H,2-10,12,14,16H2,1H3,(H,29,30)(H3,24,26,28)/q-1. The molecule has 5 N–H and O–H groups in total. The van der Waals surface area contributed by atoms with Crippen LogP contribution in [0.5, 0.6) is 0 Å². The first-order valence-corrected chi connectivity index (χ1v) is 11.4. The van der Waals surface area contributed by atoms with Crippen molar-refractivity contribution in [3.8, 4) is 0 Å². The molecule has 0 aliphatic carbocycles. The van der Waals surface area contributed by atoms with E-state index >= 15 is 0 Å². The second-order valence-corrected chi connectivity index (χ2v) is 8.05. The van der Waals surface area contributed by atoms with Crippen molar-refractivity contribution >= 4 is 17.7 Å². The number of guanidine groups is 1. The molecule has 168 valence electrons. The van der Waals surface area contributed by atoms with Crippen LogP contribution in [0, 0.1) is 0 Å². The zero-order valence-corrected chi connectivity index (χ0v) is 18.3. The Morgan fingerprint density at radius 1 is 1.27 bits per heavy atom. The van der Waals surface area contributed by atoms with Gasteiger partial charge < -0.3 is 26.5 Å². The number of nitrogens with one attached hydrogen (secondary N) is 2. The van der Waals surface area contributed by atoms with E-state index in [4.69, 9.17) is 11.1 Å². The fourth-order valence-corrected chi connectivity index (χ4v) is 3.96. The first-order chi connectivity index (χ1) is 14.6. The summed E-state index contributed by atoms with van der Waals surface area (Å²) in [6.07, 6.45) is 16.0. The van der Waals surface area contributed by atoms with E-state index in [2.05, 4.69) is 22.2 Å². The molecule has 2 unspecified atom stereocenters. The maximum atomic E-state index is 11.5. The Morgan fingerprint density at radius 3 is 2.57 bits per heavy atom. The van der Waals surface area contributed by atoms with Gasteiger partial charge in [-0.05, 0) is 24.5 Å². The normalized spacial score (nSPS) is 17.8. The van der Waals surface area contributed by atoms with Gasteiger partial charge in [0.15, 0.2) is 5.96 Å². The molecule has 1 aliphatic heterocycles. The van der Waals surface area contributed by atoms with Crippen LogP contribution in [-0.2, 0) is 4.79 Å². The Bertz CT molecular complexity index is 669. The number of hydrogen-bond donors (Lipinski definition) is 4. The number of rotatable bonds is 15. The van der Waals surface area contributed by atoms with Gasteiger partial charge in [0.05, 0.1) is 6.04 Å². The Hall–Kier alpha value is -2.44. The van der Waals surface area contributed by atoms with Crippen LogP contribution < -0.4 is 11.1 Å². The third-order valence-electron chi connectivity index (χ3n) is 5.56. The van der Waals surface area contributed by atoms with Gasteiger partial charge in [-0.15, -0.1) is 0 Å². The van der Waals surface area contributed by atoms with E-state index in [-0.39, 0.29) is 12.1 Å². The highest BCUT2D eigenvalue weighted by atomic mass is 16.4. The molecule has 2 atom stereocenters. The minimum Gasteiger partial charge on any atom is -0.478 e. The predicted molar refractivity (Wildman–Crippen MR) is 123 cm³/mol. The first-order valence-electron chi connectivity index (χ1n) is 11.4. The summed E-state index contributed by atoms with van der Waals surface area (Å²) in [4.78, 5) is 18.8. The number of hydrogen-bond acceptors (Lipinski definition) is 4. The molecule has 1 aromatic rings. The van der Waals surface area contributed by atoms with Gasteiger partial charge in [-0.25, -0.2) is 4.79 Å². The van der Waals surface area contributed by atoms with E-state index in [1.54, 1.807) is 0 Å². The SMILES string of the molecule is CCCCCCCCCCCC([N-]c1ccc[nH]1)C(=CC(=O)O)C1CCN=C(N)N1. The average Bonchev–Trinajstić information content (AvgIpc) is 3.23. The van der Waals surface area contributed by atoms with Crippen molar-refractivity contribution in [3.05, 3.63) is 35.3 Å². The molecule has 2 heterocycles. The highest BCUT2D eigenvalue weighted by molar-refractivity contribution is 5.83. The zero-order valence-electron chi connectivity index (χ0n) is 18.3. The number of nitrogens with two attached hydrogens (primary N) is 1. The molecule has 30 heavy (non-hydrogen) atoms. The van der Waals surface area contributed by atoms with Gasteiger partial charge in [-0.3, -0.25) is 4.99 Å². The molecule has 7 heteroatoms. The number of H-pyrrole nitrogens is 1. The molecule has 0 bridgehead atoms. The lowest BCUT2D eigenvalue weighted by Gasteiger charge is -2.34. The van der Waals surface area contributed by atoms with Crippen LogP contribution in [0.4, 0.5) is 5.82 Å². The van der Waals surface area contributed by atoms with Crippen LogP contribution in [0.2, 0.25) is 0 Å². The van der Waals surface area contributed by atoms with Crippen molar-refractivity contribution in [3.63, 3.8) is 0 Å². The predicted octanol–water partition coefficient (Wildman–Crippen LogP) is 5.00. The lowest BCUT2D eigenvalue weighted by molar-refractivity contribution is -0.131. The maximum Gasteiger partial charge on any atom is 0.328 e. The van der Waals surface area contributed by atoms with Crippen LogP contribution in [0.1, 0.15) is 77.6 Å². The molecule has 1 aliphatic rings. The number of unbranched alkanes of at least 4 members (excludes halogenated alkanes) is 8. The van der Waals surface area contributed by atoms with Crippen molar-refractivity contribution < 1.29 is 9.90 Å². The maximum absolute atomic E-state index is 11.5. The van der Waals surface area contributed by atoms with Crippen LogP contribution >= 0.6 is 0 Å². The lowest BCUT2D eigenvalue weighted by Crippen LogP contribution is -2.46. The summed E-state index contributed by atoms with van der Waals surface area (Å²) in [6, 6.07) is 3.46. The summed E-state index contributed by atoms with van der Waals surface area (Å²) in [5, 5.41) is 17.4. The van der Waals surface area contributed by atoms with E-state index < -0.39 is 5.97 Å². The van der Waals surface area contributed by atoms with Crippen LogP contribution in [0.3, 0.4) is 0 Å². The van der Waals surface area contributed by atoms with Crippen LogP contribution in [0.15, 0.2) is 35.0 Å². The molecule has 0 saturated carbocycles. The summed E-state index contributed by atoms with van der Waals surface area (Å²) in [5.41, 5.74) is 6.63. The molecule has 0 amide bonds. The number of carboxylic acids is 1. The topological polar surface area (TPSA) is 118 Å². The van der Waals surface area contributed by atoms with E-state index in [1.807, 2.05) is 18.3 Å². The van der Waals surface area contributed by atoms with E-state index in [1.165, 1.54) is 51.0 Å². The number of carbonyl (C=O) groups is 1.